The number of ether oxygens (including phenoxy) is 1. The third kappa shape index (κ3) is 4.40. The third-order valence-electron chi connectivity index (χ3n) is 7.47. The maximum absolute atomic E-state index is 14.8. The lowest BCUT2D eigenvalue weighted by Gasteiger charge is -2.42. The second-order valence-corrected chi connectivity index (χ2v) is 9.36. The Morgan fingerprint density at radius 1 is 1.00 bits per heavy atom. The first-order valence-electron chi connectivity index (χ1n) is 11.8. The fourth-order valence-corrected chi connectivity index (χ4v) is 5.87. The van der Waals surface area contributed by atoms with Crippen LogP contribution >= 0.6 is 0 Å². The van der Waals surface area contributed by atoms with Crippen LogP contribution in [-0.2, 0) is 0 Å². The summed E-state index contributed by atoms with van der Waals surface area (Å²) in [5, 5.41) is 1.07. The summed E-state index contributed by atoms with van der Waals surface area (Å²) in [6, 6.07) is 7.55. The Labute approximate surface area is 179 Å². The van der Waals surface area contributed by atoms with Crippen molar-refractivity contribution in [2.75, 3.05) is 6.61 Å². The summed E-state index contributed by atoms with van der Waals surface area (Å²) in [7, 11) is 0. The van der Waals surface area contributed by atoms with Crippen LogP contribution in [0.25, 0.3) is 10.8 Å². The molecule has 2 aliphatic rings. The van der Waals surface area contributed by atoms with E-state index in [2.05, 4.69) is 13.0 Å². The lowest BCUT2D eigenvalue weighted by Crippen LogP contribution is -2.30. The molecule has 4 unspecified atom stereocenters. The van der Waals surface area contributed by atoms with Crippen molar-refractivity contribution in [3.63, 3.8) is 0 Å². The highest BCUT2D eigenvalue weighted by Gasteiger charge is 2.35. The molecule has 0 N–H and O–H groups in total. The minimum atomic E-state index is -0.887. The number of halogens is 2. The molecule has 3 heteroatoms. The second-order valence-electron chi connectivity index (χ2n) is 9.36. The molecule has 4 rings (SSSR count). The van der Waals surface area contributed by atoms with Gasteiger partial charge in [-0.2, -0.15) is 4.39 Å². The van der Waals surface area contributed by atoms with Crippen molar-refractivity contribution in [1.82, 2.24) is 0 Å². The number of hydrogen-bond acceptors (Lipinski definition) is 1. The topological polar surface area (TPSA) is 9.23 Å². The van der Waals surface area contributed by atoms with Crippen LogP contribution in [0.3, 0.4) is 0 Å². The monoisotopic (exact) mass is 412 g/mol. The van der Waals surface area contributed by atoms with Crippen molar-refractivity contribution in [3.05, 3.63) is 53.6 Å². The molecular formula is C27H34F2O. The Hall–Kier alpha value is -1.90. The molecule has 1 nitrogen and oxygen atoms in total. The van der Waals surface area contributed by atoms with Gasteiger partial charge in [-0.15, -0.1) is 0 Å². The Morgan fingerprint density at radius 2 is 1.80 bits per heavy atom. The number of benzene rings is 2. The highest BCUT2D eigenvalue weighted by atomic mass is 19.2. The molecule has 0 heterocycles. The van der Waals surface area contributed by atoms with Gasteiger partial charge < -0.3 is 4.74 Å². The van der Waals surface area contributed by atoms with Crippen molar-refractivity contribution in [2.45, 2.75) is 71.1 Å². The van der Waals surface area contributed by atoms with Gasteiger partial charge in [-0.1, -0.05) is 50.5 Å². The summed E-state index contributed by atoms with van der Waals surface area (Å²) in [5.41, 5.74) is 1.16. The van der Waals surface area contributed by atoms with Gasteiger partial charge in [-0.3, -0.25) is 0 Å². The Balaban J connectivity index is 1.51. The molecule has 0 saturated heterocycles. The van der Waals surface area contributed by atoms with E-state index in [1.807, 2.05) is 25.1 Å². The average molecular weight is 413 g/mol. The molecule has 2 aliphatic carbocycles. The van der Waals surface area contributed by atoms with Crippen molar-refractivity contribution >= 4 is 10.8 Å². The van der Waals surface area contributed by atoms with Gasteiger partial charge in [0.1, 0.15) is 6.61 Å². The zero-order chi connectivity index (χ0) is 21.1. The molecule has 0 amide bonds. The first-order chi connectivity index (χ1) is 14.6. The van der Waals surface area contributed by atoms with E-state index in [9.17, 15) is 8.78 Å². The second kappa shape index (κ2) is 9.49. The Morgan fingerprint density at radius 3 is 2.60 bits per heavy atom. The van der Waals surface area contributed by atoms with Crippen LogP contribution in [0.5, 0.6) is 5.75 Å². The van der Waals surface area contributed by atoms with Crippen LogP contribution in [-0.4, -0.2) is 6.61 Å². The van der Waals surface area contributed by atoms with Crippen LogP contribution in [0.4, 0.5) is 8.78 Å². The zero-order valence-corrected chi connectivity index (χ0v) is 18.3. The van der Waals surface area contributed by atoms with Gasteiger partial charge in [0.25, 0.3) is 0 Å². The number of hydrogen-bond donors (Lipinski definition) is 0. The lowest BCUT2D eigenvalue weighted by molar-refractivity contribution is 0.114. The normalized spacial score (nSPS) is 26.8. The minimum Gasteiger partial charge on any atom is -0.486 e. The fourth-order valence-electron chi connectivity index (χ4n) is 5.87. The summed E-state index contributed by atoms with van der Waals surface area (Å²) in [5.74, 6) is 1.37. The number of rotatable bonds is 6. The smallest absolute Gasteiger partial charge is 0.201 e. The molecule has 0 bridgehead atoms. The summed E-state index contributed by atoms with van der Waals surface area (Å²) < 4.78 is 34.8. The molecule has 0 radical (unpaired) electrons. The Bertz CT molecular complexity index is 903. The molecule has 0 aromatic heterocycles. The van der Waals surface area contributed by atoms with Crippen molar-refractivity contribution < 1.29 is 13.5 Å². The highest BCUT2D eigenvalue weighted by molar-refractivity contribution is 5.85. The van der Waals surface area contributed by atoms with Crippen molar-refractivity contribution in [3.8, 4) is 5.75 Å². The van der Waals surface area contributed by atoms with Crippen LogP contribution in [0.1, 0.15) is 76.7 Å². The van der Waals surface area contributed by atoms with Crippen molar-refractivity contribution in [1.29, 1.82) is 0 Å². The van der Waals surface area contributed by atoms with Gasteiger partial charge in [0.15, 0.2) is 11.6 Å². The van der Waals surface area contributed by atoms with Gasteiger partial charge in [0.05, 0.1) is 0 Å². The largest absolute Gasteiger partial charge is 0.486 e. The van der Waals surface area contributed by atoms with E-state index in [-0.39, 0.29) is 12.4 Å². The van der Waals surface area contributed by atoms with E-state index >= 15 is 0 Å². The van der Waals surface area contributed by atoms with E-state index in [1.54, 1.807) is 12.1 Å². The molecule has 162 valence electrons. The summed E-state index contributed by atoms with van der Waals surface area (Å²) in [4.78, 5) is 0. The quantitative estimate of drug-likeness (QED) is 0.435. The maximum Gasteiger partial charge on any atom is 0.201 e. The molecule has 0 spiro atoms. The molecule has 0 aliphatic heterocycles. The number of allylic oxidation sites excluding steroid dienone is 1. The minimum absolute atomic E-state index is 0.0183. The fraction of sp³-hybridized carbons (Fsp3) is 0.556. The molecule has 2 saturated carbocycles. The zero-order valence-electron chi connectivity index (χ0n) is 18.3. The van der Waals surface area contributed by atoms with E-state index in [0.717, 1.165) is 23.3 Å². The summed E-state index contributed by atoms with van der Waals surface area (Å²) in [6.07, 6.45) is 14.0. The number of fused-ring (bicyclic) bond motifs is 2. The molecule has 2 fully saturated rings. The molecule has 2 aromatic carbocycles. The van der Waals surface area contributed by atoms with Crippen molar-refractivity contribution in [2.24, 2.45) is 17.8 Å². The predicted molar refractivity (Wildman–Crippen MR) is 120 cm³/mol. The molecule has 30 heavy (non-hydrogen) atoms. The van der Waals surface area contributed by atoms with E-state index in [1.165, 1.54) is 51.4 Å². The predicted octanol–water partition coefficient (Wildman–Crippen LogP) is 8.17. The van der Waals surface area contributed by atoms with Gasteiger partial charge in [0.2, 0.25) is 5.82 Å². The first kappa shape index (κ1) is 21.3. The van der Waals surface area contributed by atoms with E-state index < -0.39 is 11.6 Å². The standard InChI is InChI=1S/C27H34F2O/c1-3-5-13-30-25-17-23-12-11-22(16-24(23)26(28)27(25)29)21-10-9-19-14-18(6-4-2)7-8-20(19)15-21/h3,5,11-12,16-21H,4,6-10,13-15H2,1-2H3. The Kier molecular flexibility index (Phi) is 6.75. The maximum atomic E-state index is 14.8. The first-order valence-corrected chi connectivity index (χ1v) is 11.8. The van der Waals surface area contributed by atoms with Crippen LogP contribution in [0, 0.1) is 29.4 Å². The van der Waals surface area contributed by atoms with Gasteiger partial charge in [-0.05, 0) is 85.8 Å². The van der Waals surface area contributed by atoms with Crippen LogP contribution in [0.15, 0.2) is 36.4 Å². The van der Waals surface area contributed by atoms with Gasteiger partial charge >= 0.3 is 0 Å². The highest BCUT2D eigenvalue weighted by Crippen LogP contribution is 2.48. The van der Waals surface area contributed by atoms with E-state index in [4.69, 9.17) is 4.74 Å². The summed E-state index contributed by atoms with van der Waals surface area (Å²) >= 11 is 0. The SMILES string of the molecule is CC=CCOc1cc2ccc(C3CCC4CC(CCC)CCC4C3)cc2c(F)c1F. The average Bonchev–Trinajstić information content (AvgIpc) is 2.77. The van der Waals surface area contributed by atoms with Gasteiger partial charge in [0, 0.05) is 5.39 Å². The summed E-state index contributed by atoms with van der Waals surface area (Å²) in [6.45, 7) is 4.40. The third-order valence-corrected chi connectivity index (χ3v) is 7.47. The van der Waals surface area contributed by atoms with E-state index in [0.29, 0.717) is 16.7 Å². The molecular weight excluding hydrogens is 378 g/mol. The molecule has 4 atom stereocenters. The van der Waals surface area contributed by atoms with Gasteiger partial charge in [-0.25, -0.2) is 4.39 Å². The lowest BCUT2D eigenvalue weighted by atomic mass is 9.63. The van der Waals surface area contributed by atoms with Crippen LogP contribution in [0.2, 0.25) is 0 Å². The molecule has 2 aromatic rings. The van der Waals surface area contributed by atoms with Crippen LogP contribution < -0.4 is 4.74 Å².